The Bertz CT molecular complexity index is 583. The smallest absolute Gasteiger partial charge is 0.465 e. The van der Waals surface area contributed by atoms with E-state index in [4.69, 9.17) is 0 Å². The largest absolute Gasteiger partial charge is 0.471 e. The SMILES string of the molecule is COC(=O)c1ccc(C(=O)OC)c(NC(=O)C(F)(F)F)c1. The number of alkyl halides is 3. The Labute approximate surface area is 116 Å². The van der Waals surface area contributed by atoms with Gasteiger partial charge in [-0.05, 0) is 18.2 Å². The summed E-state index contributed by atoms with van der Waals surface area (Å²) in [7, 11) is 2.09. The molecule has 6 nitrogen and oxygen atoms in total. The number of rotatable bonds is 3. The van der Waals surface area contributed by atoms with Crippen LogP contribution in [0.2, 0.25) is 0 Å². The van der Waals surface area contributed by atoms with E-state index in [1.165, 1.54) is 5.32 Å². The fraction of sp³-hybridized carbons (Fsp3) is 0.250. The first-order chi connectivity index (χ1) is 9.70. The van der Waals surface area contributed by atoms with Crippen molar-refractivity contribution in [2.75, 3.05) is 19.5 Å². The van der Waals surface area contributed by atoms with E-state index in [0.29, 0.717) is 0 Å². The average Bonchev–Trinajstić information content (AvgIpc) is 2.44. The summed E-state index contributed by atoms with van der Waals surface area (Å²) in [5.74, 6) is -4.09. The maximum absolute atomic E-state index is 12.3. The van der Waals surface area contributed by atoms with Gasteiger partial charge in [0.15, 0.2) is 0 Å². The summed E-state index contributed by atoms with van der Waals surface area (Å²) in [5, 5.41) is 1.51. The molecule has 0 aromatic heterocycles. The number of carbonyl (C=O) groups is 3. The highest BCUT2D eigenvalue weighted by atomic mass is 19.4. The van der Waals surface area contributed by atoms with Gasteiger partial charge in [0, 0.05) is 0 Å². The van der Waals surface area contributed by atoms with Gasteiger partial charge in [0.05, 0.1) is 31.0 Å². The van der Waals surface area contributed by atoms with Crippen molar-refractivity contribution in [3.05, 3.63) is 29.3 Å². The zero-order valence-electron chi connectivity index (χ0n) is 10.9. The van der Waals surface area contributed by atoms with Gasteiger partial charge in [0.1, 0.15) is 0 Å². The van der Waals surface area contributed by atoms with Crippen molar-refractivity contribution >= 4 is 23.5 Å². The lowest BCUT2D eigenvalue weighted by atomic mass is 10.1. The predicted molar refractivity (Wildman–Crippen MR) is 63.8 cm³/mol. The molecule has 0 spiro atoms. The fourth-order valence-corrected chi connectivity index (χ4v) is 1.37. The molecular formula is C12H10F3NO5. The molecule has 0 saturated carbocycles. The topological polar surface area (TPSA) is 81.7 Å². The molecule has 9 heteroatoms. The number of amides is 1. The van der Waals surface area contributed by atoms with Crippen LogP contribution in [0.1, 0.15) is 20.7 Å². The molecule has 0 aliphatic heterocycles. The highest BCUT2D eigenvalue weighted by molar-refractivity contribution is 6.04. The predicted octanol–water partition coefficient (Wildman–Crippen LogP) is 1.76. The third-order valence-corrected chi connectivity index (χ3v) is 2.35. The van der Waals surface area contributed by atoms with Crippen LogP contribution >= 0.6 is 0 Å². The molecule has 0 fully saturated rings. The Kier molecular flexibility index (Phi) is 4.90. The van der Waals surface area contributed by atoms with Gasteiger partial charge in [-0.25, -0.2) is 9.59 Å². The van der Waals surface area contributed by atoms with Crippen molar-refractivity contribution in [3.8, 4) is 0 Å². The number of hydrogen-bond acceptors (Lipinski definition) is 5. The molecule has 1 amide bonds. The number of benzene rings is 1. The molecule has 0 atom stereocenters. The van der Waals surface area contributed by atoms with E-state index in [2.05, 4.69) is 9.47 Å². The molecule has 0 bridgehead atoms. The molecule has 21 heavy (non-hydrogen) atoms. The van der Waals surface area contributed by atoms with Crippen LogP contribution in [0, 0.1) is 0 Å². The summed E-state index contributed by atoms with van der Waals surface area (Å²) in [6.45, 7) is 0. The first kappa shape index (κ1) is 16.5. The van der Waals surface area contributed by atoms with Gasteiger partial charge in [-0.1, -0.05) is 0 Å². The fourth-order valence-electron chi connectivity index (χ4n) is 1.37. The molecule has 1 N–H and O–H groups in total. The van der Waals surface area contributed by atoms with E-state index < -0.39 is 29.7 Å². The Morgan fingerprint density at radius 3 is 2.10 bits per heavy atom. The first-order valence-electron chi connectivity index (χ1n) is 5.39. The van der Waals surface area contributed by atoms with Crippen LogP contribution < -0.4 is 5.32 Å². The van der Waals surface area contributed by atoms with Crippen molar-refractivity contribution in [2.45, 2.75) is 6.18 Å². The van der Waals surface area contributed by atoms with E-state index in [9.17, 15) is 27.6 Å². The normalized spacial score (nSPS) is 10.7. The standard InChI is InChI=1S/C12H10F3NO5/c1-20-9(17)6-3-4-7(10(18)21-2)8(5-6)16-11(19)12(13,14)15/h3-5H,1-2H3,(H,16,19). The number of nitrogens with one attached hydrogen (secondary N) is 1. The minimum Gasteiger partial charge on any atom is -0.465 e. The highest BCUT2D eigenvalue weighted by Gasteiger charge is 2.39. The van der Waals surface area contributed by atoms with Crippen LogP contribution in [0.4, 0.5) is 18.9 Å². The zero-order valence-corrected chi connectivity index (χ0v) is 10.9. The molecule has 1 rings (SSSR count). The van der Waals surface area contributed by atoms with Crippen LogP contribution in [0.5, 0.6) is 0 Å². The molecule has 1 aromatic rings. The molecule has 1 aromatic carbocycles. The monoisotopic (exact) mass is 305 g/mol. The maximum atomic E-state index is 12.3. The van der Waals surface area contributed by atoms with Crippen LogP contribution in [0.15, 0.2) is 18.2 Å². The van der Waals surface area contributed by atoms with Crippen molar-refractivity contribution in [3.63, 3.8) is 0 Å². The number of anilines is 1. The summed E-state index contributed by atoms with van der Waals surface area (Å²) in [6, 6.07) is 3.09. The van der Waals surface area contributed by atoms with E-state index in [-0.39, 0.29) is 11.1 Å². The highest BCUT2D eigenvalue weighted by Crippen LogP contribution is 2.23. The van der Waals surface area contributed by atoms with Crippen LogP contribution in [0.3, 0.4) is 0 Å². The number of methoxy groups -OCH3 is 2. The average molecular weight is 305 g/mol. The Hall–Kier alpha value is -2.58. The molecular weight excluding hydrogens is 295 g/mol. The molecule has 0 aliphatic carbocycles. The van der Waals surface area contributed by atoms with Crippen molar-refractivity contribution < 1.29 is 37.0 Å². The lowest BCUT2D eigenvalue weighted by molar-refractivity contribution is -0.167. The van der Waals surface area contributed by atoms with Gasteiger partial charge in [-0.15, -0.1) is 0 Å². The Balaban J connectivity index is 3.26. The number of halogens is 3. The van der Waals surface area contributed by atoms with Gasteiger partial charge < -0.3 is 14.8 Å². The molecule has 0 radical (unpaired) electrons. The molecule has 0 unspecified atom stereocenters. The molecule has 0 saturated heterocycles. The summed E-state index contributed by atoms with van der Waals surface area (Å²) < 4.78 is 45.5. The quantitative estimate of drug-likeness (QED) is 0.861. The third kappa shape index (κ3) is 3.94. The lowest BCUT2D eigenvalue weighted by Crippen LogP contribution is -2.30. The van der Waals surface area contributed by atoms with Crippen molar-refractivity contribution in [1.82, 2.24) is 0 Å². The molecule has 114 valence electrons. The van der Waals surface area contributed by atoms with E-state index in [1.807, 2.05) is 0 Å². The van der Waals surface area contributed by atoms with Crippen LogP contribution in [-0.4, -0.2) is 38.2 Å². The third-order valence-electron chi connectivity index (χ3n) is 2.35. The summed E-state index contributed by atoms with van der Waals surface area (Å²) in [6.07, 6.45) is -5.14. The van der Waals surface area contributed by atoms with Gasteiger partial charge in [0.25, 0.3) is 0 Å². The van der Waals surface area contributed by atoms with E-state index >= 15 is 0 Å². The summed E-state index contributed by atoms with van der Waals surface area (Å²) >= 11 is 0. The van der Waals surface area contributed by atoms with Gasteiger partial charge in [-0.3, -0.25) is 4.79 Å². The second-order valence-electron chi connectivity index (χ2n) is 3.70. The van der Waals surface area contributed by atoms with Gasteiger partial charge >= 0.3 is 24.0 Å². The Morgan fingerprint density at radius 2 is 1.62 bits per heavy atom. The lowest BCUT2D eigenvalue weighted by Gasteiger charge is -2.12. The minimum absolute atomic E-state index is 0.136. The number of ether oxygens (including phenoxy) is 2. The van der Waals surface area contributed by atoms with Crippen LogP contribution in [-0.2, 0) is 14.3 Å². The summed E-state index contributed by atoms with van der Waals surface area (Å²) in [5.41, 5.74) is -0.975. The van der Waals surface area contributed by atoms with Crippen molar-refractivity contribution in [2.24, 2.45) is 0 Å². The number of carbonyl (C=O) groups excluding carboxylic acids is 3. The van der Waals surface area contributed by atoms with Crippen molar-refractivity contribution in [1.29, 1.82) is 0 Å². The van der Waals surface area contributed by atoms with Gasteiger partial charge in [-0.2, -0.15) is 13.2 Å². The second-order valence-corrected chi connectivity index (χ2v) is 3.70. The van der Waals surface area contributed by atoms with Crippen LogP contribution in [0.25, 0.3) is 0 Å². The minimum atomic E-state index is -5.14. The van der Waals surface area contributed by atoms with E-state index in [1.54, 1.807) is 0 Å². The number of hydrogen-bond donors (Lipinski definition) is 1. The first-order valence-corrected chi connectivity index (χ1v) is 5.39. The number of esters is 2. The zero-order chi connectivity index (χ0) is 16.2. The Morgan fingerprint density at radius 1 is 1.05 bits per heavy atom. The summed E-state index contributed by atoms with van der Waals surface area (Å²) in [4.78, 5) is 33.7. The maximum Gasteiger partial charge on any atom is 0.471 e. The molecule has 0 aliphatic rings. The molecule has 0 heterocycles. The van der Waals surface area contributed by atoms with Gasteiger partial charge in [0.2, 0.25) is 0 Å². The second kappa shape index (κ2) is 6.25. The van der Waals surface area contributed by atoms with E-state index in [0.717, 1.165) is 32.4 Å².